The Hall–Kier alpha value is -2.24. The Kier molecular flexibility index (Phi) is 6.06. The van der Waals surface area contributed by atoms with Crippen molar-refractivity contribution in [3.63, 3.8) is 0 Å². The Bertz CT molecular complexity index is 670. The number of rotatable bonds is 5. The van der Waals surface area contributed by atoms with Crippen LogP contribution in [0.15, 0.2) is 70.2 Å². The summed E-state index contributed by atoms with van der Waals surface area (Å²) >= 11 is 3.34. The molecule has 22 heavy (non-hydrogen) atoms. The van der Waals surface area contributed by atoms with Crippen molar-refractivity contribution in [2.75, 3.05) is 0 Å². The summed E-state index contributed by atoms with van der Waals surface area (Å²) in [6, 6.07) is 18.4. The van der Waals surface area contributed by atoms with Gasteiger partial charge in [0.15, 0.2) is 6.10 Å². The van der Waals surface area contributed by atoms with Crippen molar-refractivity contribution >= 4 is 34.1 Å². The number of hydrazone groups is 1. The number of carbonyl (C=O) groups excluding carboxylic acids is 1. The molecule has 0 aliphatic rings. The summed E-state index contributed by atoms with van der Waals surface area (Å²) in [5.41, 5.74) is 3.84. The van der Waals surface area contributed by atoms with Gasteiger partial charge in [-0.15, -0.1) is 0 Å². The first kappa shape index (κ1) is 16.1. The summed E-state index contributed by atoms with van der Waals surface area (Å²) < 4.78 is 0.702. The van der Waals surface area contributed by atoms with E-state index in [2.05, 4.69) is 26.5 Å². The maximum atomic E-state index is 11.8. The number of aliphatic hydroxyl groups is 1. The molecule has 1 atom stereocenters. The average molecular weight is 359 g/mol. The minimum absolute atomic E-state index is 0.522. The molecule has 4 nitrogen and oxygen atoms in total. The van der Waals surface area contributed by atoms with E-state index in [0.29, 0.717) is 10.0 Å². The molecule has 1 amide bonds. The van der Waals surface area contributed by atoms with Gasteiger partial charge in [0.1, 0.15) is 0 Å². The fourth-order valence-corrected chi connectivity index (χ4v) is 2.12. The largest absolute Gasteiger partial charge is 0.378 e. The normalized spacial score (nSPS) is 13.1. The van der Waals surface area contributed by atoms with Crippen molar-refractivity contribution in [2.24, 2.45) is 5.10 Å². The van der Waals surface area contributed by atoms with E-state index in [1.807, 2.05) is 42.5 Å². The number of nitrogens with one attached hydrogen (secondary N) is 1. The van der Waals surface area contributed by atoms with Gasteiger partial charge in [-0.1, -0.05) is 60.7 Å². The van der Waals surface area contributed by atoms with Gasteiger partial charge in [-0.25, -0.2) is 5.43 Å². The highest BCUT2D eigenvalue weighted by Crippen LogP contribution is 2.12. The first-order chi connectivity index (χ1) is 10.7. The molecule has 112 valence electrons. The highest BCUT2D eigenvalue weighted by Gasteiger charge is 2.15. The minimum Gasteiger partial charge on any atom is -0.378 e. The molecule has 0 aromatic heterocycles. The summed E-state index contributed by atoms with van der Waals surface area (Å²) in [6.45, 7) is 0. The third kappa shape index (κ3) is 4.95. The van der Waals surface area contributed by atoms with Crippen LogP contribution < -0.4 is 5.43 Å². The van der Waals surface area contributed by atoms with E-state index in [0.717, 1.165) is 5.56 Å². The third-order valence-electron chi connectivity index (χ3n) is 2.83. The number of nitrogens with zero attached hydrogens (tertiary/aromatic N) is 1. The maximum Gasteiger partial charge on any atom is 0.273 e. The molecule has 2 aromatic rings. The minimum atomic E-state index is -1.24. The quantitative estimate of drug-likeness (QED) is 0.636. The summed E-state index contributed by atoms with van der Waals surface area (Å²) in [5, 5.41) is 13.7. The number of allylic oxidation sites excluding steroid dienone is 1. The van der Waals surface area contributed by atoms with Gasteiger partial charge in [-0.3, -0.25) is 4.79 Å². The highest BCUT2D eigenvalue weighted by atomic mass is 79.9. The monoisotopic (exact) mass is 358 g/mol. The molecule has 0 spiro atoms. The van der Waals surface area contributed by atoms with Crippen molar-refractivity contribution in [1.29, 1.82) is 0 Å². The van der Waals surface area contributed by atoms with Gasteiger partial charge in [0, 0.05) is 4.48 Å². The first-order valence-electron chi connectivity index (χ1n) is 6.65. The first-order valence-corrected chi connectivity index (χ1v) is 7.44. The zero-order valence-electron chi connectivity index (χ0n) is 11.7. The molecule has 0 saturated heterocycles. The Morgan fingerprint density at radius 2 is 1.68 bits per heavy atom. The van der Waals surface area contributed by atoms with Crippen LogP contribution in [0.25, 0.3) is 6.08 Å². The van der Waals surface area contributed by atoms with Gasteiger partial charge < -0.3 is 5.11 Å². The fourth-order valence-electron chi connectivity index (χ4n) is 1.75. The number of aliphatic hydroxyl groups excluding tert-OH is 1. The van der Waals surface area contributed by atoms with Gasteiger partial charge in [0.2, 0.25) is 0 Å². The topological polar surface area (TPSA) is 61.7 Å². The van der Waals surface area contributed by atoms with E-state index in [4.69, 9.17) is 0 Å². The molecule has 0 radical (unpaired) electrons. The lowest BCUT2D eigenvalue weighted by atomic mass is 10.1. The second kappa shape index (κ2) is 8.26. The predicted octanol–water partition coefficient (Wildman–Crippen LogP) is 3.26. The molecule has 1 unspecified atom stereocenters. The molecule has 5 heteroatoms. The van der Waals surface area contributed by atoms with Crippen LogP contribution in [0.3, 0.4) is 0 Å². The van der Waals surface area contributed by atoms with Gasteiger partial charge in [0.25, 0.3) is 5.91 Å². The molecule has 0 bridgehead atoms. The van der Waals surface area contributed by atoms with Gasteiger partial charge in [0.05, 0.1) is 6.21 Å². The molecule has 0 saturated carbocycles. The number of halogens is 1. The number of carbonyl (C=O) groups is 1. The zero-order chi connectivity index (χ0) is 15.8. The SMILES string of the molecule is O=C(NN=CC(Br)=Cc1ccccc1)C(O)c1ccccc1. The number of benzene rings is 2. The van der Waals surface area contributed by atoms with E-state index in [1.165, 1.54) is 6.21 Å². The van der Waals surface area contributed by atoms with Crippen molar-refractivity contribution in [1.82, 2.24) is 5.43 Å². The third-order valence-corrected chi connectivity index (χ3v) is 3.26. The lowest BCUT2D eigenvalue weighted by molar-refractivity contribution is -0.129. The van der Waals surface area contributed by atoms with Crippen LogP contribution in [0.4, 0.5) is 0 Å². The highest BCUT2D eigenvalue weighted by molar-refractivity contribution is 9.12. The average Bonchev–Trinajstić information content (AvgIpc) is 2.55. The number of amides is 1. The van der Waals surface area contributed by atoms with Crippen LogP contribution in [0.1, 0.15) is 17.2 Å². The van der Waals surface area contributed by atoms with E-state index in [1.54, 1.807) is 24.3 Å². The second-order valence-electron chi connectivity index (χ2n) is 4.49. The fraction of sp³-hybridized carbons (Fsp3) is 0.0588. The second-order valence-corrected chi connectivity index (χ2v) is 5.40. The van der Waals surface area contributed by atoms with Crippen molar-refractivity contribution in [3.8, 4) is 0 Å². The smallest absolute Gasteiger partial charge is 0.273 e. The van der Waals surface area contributed by atoms with Crippen molar-refractivity contribution < 1.29 is 9.90 Å². The molecule has 0 fully saturated rings. The molecule has 2 rings (SSSR count). The van der Waals surface area contributed by atoms with Crippen LogP contribution >= 0.6 is 15.9 Å². The standard InChI is InChI=1S/C17H15BrN2O2/c18-15(11-13-7-3-1-4-8-13)12-19-20-17(22)16(21)14-9-5-2-6-10-14/h1-12,16,21H,(H,20,22). The molecule has 0 aliphatic carbocycles. The molecular formula is C17H15BrN2O2. The summed E-state index contributed by atoms with van der Waals surface area (Å²) in [5.74, 6) is -0.581. The van der Waals surface area contributed by atoms with Gasteiger partial charge >= 0.3 is 0 Å². The van der Waals surface area contributed by atoms with Gasteiger partial charge in [-0.05, 0) is 33.1 Å². The maximum absolute atomic E-state index is 11.8. The van der Waals surface area contributed by atoms with Gasteiger partial charge in [-0.2, -0.15) is 5.10 Å². The molecule has 0 aliphatic heterocycles. The van der Waals surface area contributed by atoms with Crippen molar-refractivity contribution in [2.45, 2.75) is 6.10 Å². The Morgan fingerprint density at radius 1 is 1.09 bits per heavy atom. The molecule has 0 heterocycles. The van der Waals surface area contributed by atoms with Crippen LogP contribution in [0.2, 0.25) is 0 Å². The lowest BCUT2D eigenvalue weighted by Gasteiger charge is -2.08. The lowest BCUT2D eigenvalue weighted by Crippen LogP contribution is -2.25. The Labute approximate surface area is 137 Å². The van der Waals surface area contributed by atoms with Crippen LogP contribution in [0.5, 0.6) is 0 Å². The molecule has 2 N–H and O–H groups in total. The molecule has 2 aromatic carbocycles. The molecular weight excluding hydrogens is 344 g/mol. The van der Waals surface area contributed by atoms with E-state index < -0.39 is 12.0 Å². The van der Waals surface area contributed by atoms with Crippen molar-refractivity contribution in [3.05, 3.63) is 76.3 Å². The summed E-state index contributed by atoms with van der Waals surface area (Å²) in [6.07, 6.45) is 2.08. The van der Waals surface area contributed by atoms with E-state index >= 15 is 0 Å². The summed E-state index contributed by atoms with van der Waals surface area (Å²) in [4.78, 5) is 11.8. The van der Waals surface area contributed by atoms with Crippen LogP contribution in [-0.2, 0) is 4.79 Å². The van der Waals surface area contributed by atoms with Crippen LogP contribution in [-0.4, -0.2) is 17.2 Å². The Balaban J connectivity index is 1.92. The zero-order valence-corrected chi connectivity index (χ0v) is 13.3. The summed E-state index contributed by atoms with van der Waals surface area (Å²) in [7, 11) is 0. The van der Waals surface area contributed by atoms with E-state index in [9.17, 15) is 9.90 Å². The van der Waals surface area contributed by atoms with E-state index in [-0.39, 0.29) is 0 Å². The number of hydrogen-bond donors (Lipinski definition) is 2. The Morgan fingerprint density at radius 3 is 2.32 bits per heavy atom. The predicted molar refractivity (Wildman–Crippen MR) is 91.4 cm³/mol. The number of hydrogen-bond acceptors (Lipinski definition) is 3. The van der Waals surface area contributed by atoms with Crippen LogP contribution in [0, 0.1) is 0 Å².